The molecule has 6 rings (SSSR count). The first-order valence-corrected chi connectivity index (χ1v) is 15.1. The van der Waals surface area contributed by atoms with Crippen molar-refractivity contribution in [1.82, 2.24) is 20.9 Å². The maximum Gasteiger partial charge on any atom is 0.408 e. The molecule has 2 heterocycles. The lowest BCUT2D eigenvalue weighted by Gasteiger charge is -2.51. The van der Waals surface area contributed by atoms with Gasteiger partial charge in [0.25, 0.3) is 0 Å². The molecular weight excluding hydrogens is 514 g/mol. The van der Waals surface area contributed by atoms with Crippen molar-refractivity contribution in [3.63, 3.8) is 0 Å². The summed E-state index contributed by atoms with van der Waals surface area (Å²) >= 11 is 0. The van der Waals surface area contributed by atoms with Crippen molar-refractivity contribution < 1.29 is 28.7 Å². The van der Waals surface area contributed by atoms with Crippen molar-refractivity contribution >= 4 is 29.7 Å². The van der Waals surface area contributed by atoms with Gasteiger partial charge in [-0.25, -0.2) is 4.79 Å². The van der Waals surface area contributed by atoms with E-state index in [4.69, 9.17) is 10.5 Å². The SMILES string of the molecule is CC(C)(C)OC(=O)N[C@H](C(=O)N1[C@@H]2CC[C@@H](C2)[C@H]1C(=O)N[C@@H](C[C@@H]1CCNC1=O)C(N)=O)C12CCC(CC1)CC2. The second-order valence-electron chi connectivity index (χ2n) is 13.8. The fourth-order valence-electron chi connectivity index (χ4n) is 8.07. The zero-order valence-electron chi connectivity index (χ0n) is 24.0. The fourth-order valence-corrected chi connectivity index (χ4v) is 8.07. The van der Waals surface area contributed by atoms with Gasteiger partial charge in [0, 0.05) is 18.5 Å². The third kappa shape index (κ3) is 5.65. The van der Waals surface area contributed by atoms with E-state index in [2.05, 4.69) is 16.0 Å². The summed E-state index contributed by atoms with van der Waals surface area (Å²) in [4.78, 5) is 67.4. The number of carbonyl (C=O) groups is 5. The minimum atomic E-state index is -1.000. The molecule has 2 saturated heterocycles. The van der Waals surface area contributed by atoms with E-state index in [1.54, 1.807) is 25.7 Å². The number of likely N-dealkylation sites (tertiary alicyclic amines) is 1. The number of ether oxygens (including phenoxy) is 1. The normalized spacial score (nSPS) is 34.2. The quantitative estimate of drug-likeness (QED) is 0.354. The summed E-state index contributed by atoms with van der Waals surface area (Å²) < 4.78 is 5.58. The van der Waals surface area contributed by atoms with E-state index in [1.807, 2.05) is 0 Å². The fraction of sp³-hybridized carbons (Fsp3) is 0.828. The molecule has 4 aliphatic carbocycles. The van der Waals surface area contributed by atoms with Crippen LogP contribution in [-0.2, 0) is 23.9 Å². The molecule has 11 nitrogen and oxygen atoms in total. The number of nitrogens with one attached hydrogen (secondary N) is 3. The molecule has 0 aromatic heterocycles. The van der Waals surface area contributed by atoms with Crippen molar-refractivity contribution in [2.24, 2.45) is 28.9 Å². The molecule has 222 valence electrons. The Kier molecular flexibility index (Phi) is 7.78. The summed E-state index contributed by atoms with van der Waals surface area (Å²) in [6, 6.07) is -2.63. The van der Waals surface area contributed by atoms with Crippen molar-refractivity contribution in [2.45, 2.75) is 121 Å². The van der Waals surface area contributed by atoms with Gasteiger partial charge in [0.2, 0.25) is 23.6 Å². The van der Waals surface area contributed by atoms with Crippen molar-refractivity contribution in [3.05, 3.63) is 0 Å². The number of primary amides is 1. The summed E-state index contributed by atoms with van der Waals surface area (Å²) in [6.45, 7) is 5.90. The first-order valence-electron chi connectivity index (χ1n) is 15.1. The van der Waals surface area contributed by atoms with Crippen LogP contribution in [0.25, 0.3) is 0 Å². The standard InChI is InChI=1S/C29H45N5O6/c1-28(2,3)40-27(39)33-22(29-10-6-16(7-11-29)8-12-29)26(38)34-19-5-4-17(14-19)21(34)25(37)32-20(23(30)35)15-18-9-13-31-24(18)36/h16-22H,4-15H2,1-3H3,(H2,30,35)(H,31,36)(H,32,37)(H,33,39)/t16?,17-,18-,19+,20-,21-,22+,29?/m0/s1. The lowest BCUT2D eigenvalue weighted by atomic mass is 9.57. The Labute approximate surface area is 236 Å². The van der Waals surface area contributed by atoms with Gasteiger partial charge in [0.1, 0.15) is 23.7 Å². The molecular formula is C29H45N5O6. The Hall–Kier alpha value is -2.85. The van der Waals surface area contributed by atoms with Crippen LogP contribution in [0.1, 0.15) is 91.4 Å². The van der Waals surface area contributed by atoms with Gasteiger partial charge >= 0.3 is 6.09 Å². The third-order valence-electron chi connectivity index (χ3n) is 10.1. The minimum Gasteiger partial charge on any atom is -0.444 e. The second-order valence-corrected chi connectivity index (χ2v) is 13.8. The van der Waals surface area contributed by atoms with Gasteiger partial charge in [-0.15, -0.1) is 0 Å². The van der Waals surface area contributed by atoms with Gasteiger partial charge in [-0.1, -0.05) is 0 Å². The van der Waals surface area contributed by atoms with Gasteiger partial charge in [0.15, 0.2) is 0 Å². The molecule has 0 unspecified atom stereocenters. The van der Waals surface area contributed by atoms with E-state index >= 15 is 0 Å². The molecule has 0 radical (unpaired) electrons. The number of nitrogens with zero attached hydrogens (tertiary/aromatic N) is 1. The maximum atomic E-state index is 14.5. The van der Waals surface area contributed by atoms with Gasteiger partial charge in [0.05, 0.1) is 0 Å². The molecule has 4 saturated carbocycles. The van der Waals surface area contributed by atoms with E-state index in [1.165, 1.54) is 0 Å². The Balaban J connectivity index is 1.38. The highest BCUT2D eigenvalue weighted by Crippen LogP contribution is 2.53. The highest BCUT2D eigenvalue weighted by molar-refractivity contribution is 5.95. The molecule has 4 bridgehead atoms. The van der Waals surface area contributed by atoms with E-state index in [0.29, 0.717) is 25.3 Å². The highest BCUT2D eigenvalue weighted by Gasteiger charge is 2.57. The minimum absolute atomic E-state index is 0.0287. The zero-order chi connectivity index (χ0) is 28.8. The van der Waals surface area contributed by atoms with Crippen LogP contribution in [0.4, 0.5) is 4.79 Å². The number of nitrogens with two attached hydrogens (primary N) is 1. The molecule has 0 aromatic carbocycles. The monoisotopic (exact) mass is 559 g/mol. The van der Waals surface area contributed by atoms with Crippen LogP contribution < -0.4 is 21.7 Å². The Morgan fingerprint density at radius 2 is 1.73 bits per heavy atom. The number of hydrogen-bond acceptors (Lipinski definition) is 6. The summed E-state index contributed by atoms with van der Waals surface area (Å²) in [5.41, 5.74) is 4.56. The van der Waals surface area contributed by atoms with Crippen LogP contribution in [0.15, 0.2) is 0 Å². The van der Waals surface area contributed by atoms with Crippen LogP contribution in [0.3, 0.4) is 0 Å². The highest BCUT2D eigenvalue weighted by atomic mass is 16.6. The predicted octanol–water partition coefficient (Wildman–Crippen LogP) is 1.73. The summed E-state index contributed by atoms with van der Waals surface area (Å²) in [6.07, 6.45) is 8.09. The second kappa shape index (κ2) is 10.9. The molecule has 6 fully saturated rings. The van der Waals surface area contributed by atoms with Gasteiger partial charge in [-0.3, -0.25) is 19.2 Å². The van der Waals surface area contributed by atoms with Crippen LogP contribution in [0.5, 0.6) is 0 Å². The van der Waals surface area contributed by atoms with Gasteiger partial charge in [-0.2, -0.15) is 0 Å². The molecule has 5 amide bonds. The largest absolute Gasteiger partial charge is 0.444 e. The molecule has 11 heteroatoms. The van der Waals surface area contributed by atoms with Gasteiger partial charge in [-0.05, 0) is 109 Å². The first kappa shape index (κ1) is 28.7. The smallest absolute Gasteiger partial charge is 0.408 e. The zero-order valence-corrected chi connectivity index (χ0v) is 24.0. The summed E-state index contributed by atoms with van der Waals surface area (Å²) in [7, 11) is 0. The van der Waals surface area contributed by atoms with E-state index in [-0.39, 0.29) is 35.6 Å². The Bertz CT molecular complexity index is 1030. The number of piperidine rings is 1. The summed E-state index contributed by atoms with van der Waals surface area (Å²) in [5.74, 6) is -1.23. The molecule has 6 atom stereocenters. The number of carbonyl (C=O) groups excluding carboxylic acids is 5. The predicted molar refractivity (Wildman–Crippen MR) is 145 cm³/mol. The van der Waals surface area contributed by atoms with Crippen molar-refractivity contribution in [2.75, 3.05) is 6.54 Å². The Morgan fingerprint density at radius 3 is 2.30 bits per heavy atom. The van der Waals surface area contributed by atoms with Crippen molar-refractivity contribution in [1.29, 1.82) is 0 Å². The van der Waals surface area contributed by atoms with Crippen LogP contribution in [-0.4, -0.2) is 70.9 Å². The topological polar surface area (TPSA) is 160 Å². The lowest BCUT2D eigenvalue weighted by molar-refractivity contribution is -0.149. The van der Waals surface area contributed by atoms with Crippen LogP contribution in [0, 0.1) is 23.2 Å². The van der Waals surface area contributed by atoms with E-state index < -0.39 is 47.6 Å². The molecule has 0 spiro atoms. The van der Waals surface area contributed by atoms with Crippen molar-refractivity contribution in [3.8, 4) is 0 Å². The van der Waals surface area contributed by atoms with Crippen LogP contribution >= 0.6 is 0 Å². The average molecular weight is 560 g/mol. The lowest BCUT2D eigenvalue weighted by Crippen LogP contribution is -2.64. The average Bonchev–Trinajstić information content (AvgIpc) is 3.63. The molecule has 5 N–H and O–H groups in total. The molecule has 0 aromatic rings. The summed E-state index contributed by atoms with van der Waals surface area (Å²) in [5, 5.41) is 8.51. The third-order valence-corrected chi connectivity index (χ3v) is 10.1. The van der Waals surface area contributed by atoms with E-state index in [9.17, 15) is 24.0 Å². The van der Waals surface area contributed by atoms with Gasteiger partial charge < -0.3 is 31.3 Å². The van der Waals surface area contributed by atoms with Crippen LogP contribution in [0.2, 0.25) is 0 Å². The number of alkyl carbamates (subject to hydrolysis) is 1. The number of amides is 5. The van der Waals surface area contributed by atoms with E-state index in [0.717, 1.165) is 51.4 Å². The maximum absolute atomic E-state index is 14.5. The molecule has 40 heavy (non-hydrogen) atoms. The number of rotatable bonds is 8. The molecule has 6 aliphatic rings. The number of fused-ring (bicyclic) bond motifs is 5. The first-order chi connectivity index (χ1) is 18.9. The molecule has 2 aliphatic heterocycles. The number of hydrogen-bond donors (Lipinski definition) is 4. The Morgan fingerprint density at radius 1 is 1.05 bits per heavy atom.